The zero-order chi connectivity index (χ0) is 26.6. The van der Waals surface area contributed by atoms with Crippen molar-refractivity contribution in [2.24, 2.45) is 5.92 Å². The zero-order valence-electron chi connectivity index (χ0n) is 21.8. The molecule has 9 nitrogen and oxygen atoms in total. The molecule has 1 saturated heterocycles. The van der Waals surface area contributed by atoms with Gasteiger partial charge in [-0.1, -0.05) is 63.1 Å². The lowest BCUT2D eigenvalue weighted by molar-refractivity contribution is -0.144. The Morgan fingerprint density at radius 1 is 1.11 bits per heavy atom. The van der Waals surface area contributed by atoms with E-state index in [1.54, 1.807) is 18.2 Å². The average molecular weight is 515 g/mol. The van der Waals surface area contributed by atoms with Crippen molar-refractivity contribution in [2.75, 3.05) is 26.8 Å². The second-order valence-electron chi connectivity index (χ2n) is 9.16. The number of cyclic esters (lactones) is 1. The number of nitrogens with zero attached hydrogens (tertiary/aromatic N) is 1. The van der Waals surface area contributed by atoms with Gasteiger partial charge in [0.15, 0.2) is 5.75 Å². The van der Waals surface area contributed by atoms with Crippen LogP contribution in [0.15, 0.2) is 54.6 Å². The number of hydroxylamine groups is 2. The van der Waals surface area contributed by atoms with E-state index in [4.69, 9.17) is 19.0 Å². The smallest absolute Gasteiger partial charge is 0.408 e. The van der Waals surface area contributed by atoms with E-state index >= 15 is 0 Å². The molecule has 0 aliphatic carbocycles. The van der Waals surface area contributed by atoms with Crippen molar-refractivity contribution in [1.82, 2.24) is 10.4 Å². The second kappa shape index (κ2) is 14.4. The van der Waals surface area contributed by atoms with Gasteiger partial charge < -0.3 is 29.5 Å². The molecule has 2 aromatic carbocycles. The summed E-state index contributed by atoms with van der Waals surface area (Å²) in [6, 6.07) is 16.1. The van der Waals surface area contributed by atoms with Crippen molar-refractivity contribution in [3.05, 3.63) is 60.2 Å². The summed E-state index contributed by atoms with van der Waals surface area (Å²) in [7, 11) is 1.59. The number of benzene rings is 2. The number of carbonyl (C=O) groups is 2. The number of hydrogen-bond donors (Lipinski definition) is 2. The number of aliphatic hydroxyl groups is 1. The van der Waals surface area contributed by atoms with Crippen LogP contribution in [0.1, 0.15) is 38.7 Å². The number of nitrogens with one attached hydrogen (secondary N) is 1. The first-order chi connectivity index (χ1) is 17.9. The Morgan fingerprint density at radius 2 is 1.84 bits per heavy atom. The van der Waals surface area contributed by atoms with Gasteiger partial charge in [0, 0.05) is 19.0 Å². The molecule has 202 valence electrons. The normalized spacial score (nSPS) is 16.8. The standard InChI is InChI=1S/C28H38N2O7/c1-4-20(5-2)18-30(37-23-13-9-12-22(17-23)34-3)19-25(31)24(16-21-10-7-6-8-11-21)29-28(33)36-26-14-15-35-27(26)32/h6-13,17,20,24-26,31H,4-5,14-16,18-19H2,1-3H3,(H,29,33). The summed E-state index contributed by atoms with van der Waals surface area (Å²) in [5.74, 6) is 1.05. The summed E-state index contributed by atoms with van der Waals surface area (Å²) >= 11 is 0. The predicted molar refractivity (Wildman–Crippen MR) is 138 cm³/mol. The van der Waals surface area contributed by atoms with Crippen LogP contribution in [0.2, 0.25) is 0 Å². The van der Waals surface area contributed by atoms with Gasteiger partial charge in [-0.05, 0) is 30.0 Å². The van der Waals surface area contributed by atoms with E-state index in [2.05, 4.69) is 19.2 Å². The fourth-order valence-corrected chi connectivity index (χ4v) is 4.18. The van der Waals surface area contributed by atoms with Gasteiger partial charge in [-0.15, -0.1) is 5.06 Å². The molecule has 1 aliphatic heterocycles. The average Bonchev–Trinajstić information content (AvgIpc) is 3.31. The van der Waals surface area contributed by atoms with Gasteiger partial charge in [0.1, 0.15) is 5.75 Å². The highest BCUT2D eigenvalue weighted by Crippen LogP contribution is 2.22. The van der Waals surface area contributed by atoms with Crippen LogP contribution >= 0.6 is 0 Å². The molecule has 9 heteroatoms. The van der Waals surface area contributed by atoms with Crippen LogP contribution in [0.5, 0.6) is 11.5 Å². The first-order valence-electron chi connectivity index (χ1n) is 12.8. The Morgan fingerprint density at radius 3 is 2.49 bits per heavy atom. The van der Waals surface area contributed by atoms with E-state index in [1.807, 2.05) is 48.5 Å². The Bertz CT molecular complexity index is 984. The summed E-state index contributed by atoms with van der Waals surface area (Å²) in [5, 5.41) is 15.8. The van der Waals surface area contributed by atoms with E-state index < -0.39 is 30.3 Å². The lowest BCUT2D eigenvalue weighted by atomic mass is 10.00. The molecule has 1 heterocycles. The molecule has 1 amide bonds. The molecule has 0 aromatic heterocycles. The van der Waals surface area contributed by atoms with Gasteiger partial charge >= 0.3 is 12.1 Å². The summed E-state index contributed by atoms with van der Waals surface area (Å²) in [6.45, 7) is 5.20. The molecule has 0 spiro atoms. The van der Waals surface area contributed by atoms with E-state index in [0.717, 1.165) is 18.4 Å². The van der Waals surface area contributed by atoms with E-state index in [9.17, 15) is 14.7 Å². The number of alkyl carbamates (subject to hydrolysis) is 1. The van der Waals surface area contributed by atoms with Crippen LogP contribution in [0.25, 0.3) is 0 Å². The largest absolute Gasteiger partial charge is 0.497 e. The Balaban J connectivity index is 1.75. The molecule has 1 fully saturated rings. The van der Waals surface area contributed by atoms with Gasteiger partial charge in [0.25, 0.3) is 0 Å². The SMILES string of the molecule is CCC(CC)CN(CC(O)C(Cc1ccccc1)NC(=O)OC1CCOC1=O)Oc1cccc(OC)c1. The van der Waals surface area contributed by atoms with Gasteiger partial charge in [-0.3, -0.25) is 0 Å². The highest BCUT2D eigenvalue weighted by Gasteiger charge is 2.32. The Labute approximate surface area is 218 Å². The minimum atomic E-state index is -0.997. The highest BCUT2D eigenvalue weighted by atomic mass is 16.7. The maximum atomic E-state index is 12.7. The quantitative estimate of drug-likeness (QED) is 0.290. The zero-order valence-corrected chi connectivity index (χ0v) is 21.8. The van der Waals surface area contributed by atoms with Crippen LogP contribution in [0, 0.1) is 5.92 Å². The number of amides is 1. The van der Waals surface area contributed by atoms with E-state index in [0.29, 0.717) is 36.8 Å². The van der Waals surface area contributed by atoms with Gasteiger partial charge in [-0.25, -0.2) is 9.59 Å². The van der Waals surface area contributed by atoms with Gasteiger partial charge in [0.05, 0.1) is 32.4 Å². The topological polar surface area (TPSA) is 107 Å². The monoisotopic (exact) mass is 514 g/mol. The fraction of sp³-hybridized carbons (Fsp3) is 0.500. The summed E-state index contributed by atoms with van der Waals surface area (Å²) in [4.78, 5) is 30.6. The van der Waals surface area contributed by atoms with Crippen molar-refractivity contribution < 1.29 is 33.7 Å². The van der Waals surface area contributed by atoms with Crippen molar-refractivity contribution in [3.8, 4) is 11.5 Å². The fourth-order valence-electron chi connectivity index (χ4n) is 4.18. The lowest BCUT2D eigenvalue weighted by Gasteiger charge is -2.31. The molecule has 37 heavy (non-hydrogen) atoms. The third-order valence-corrected chi connectivity index (χ3v) is 6.49. The number of esters is 1. The third-order valence-electron chi connectivity index (χ3n) is 6.49. The van der Waals surface area contributed by atoms with E-state index in [1.165, 1.54) is 0 Å². The minimum absolute atomic E-state index is 0.136. The molecule has 2 N–H and O–H groups in total. The molecular weight excluding hydrogens is 476 g/mol. The number of aliphatic hydroxyl groups excluding tert-OH is 1. The van der Waals surface area contributed by atoms with Crippen LogP contribution in [0.4, 0.5) is 4.79 Å². The van der Waals surface area contributed by atoms with Crippen molar-refractivity contribution in [1.29, 1.82) is 0 Å². The predicted octanol–water partition coefficient (Wildman–Crippen LogP) is 3.74. The van der Waals surface area contributed by atoms with Crippen LogP contribution in [0.3, 0.4) is 0 Å². The van der Waals surface area contributed by atoms with Gasteiger partial charge in [0.2, 0.25) is 6.10 Å². The molecule has 2 aromatic rings. The summed E-state index contributed by atoms with van der Waals surface area (Å²) < 4.78 is 15.5. The maximum Gasteiger partial charge on any atom is 0.408 e. The van der Waals surface area contributed by atoms with Crippen LogP contribution in [-0.4, -0.2) is 67.3 Å². The number of carbonyl (C=O) groups excluding carboxylic acids is 2. The molecular formula is C28H38N2O7. The molecule has 3 rings (SSSR count). The van der Waals surface area contributed by atoms with Crippen molar-refractivity contribution in [3.63, 3.8) is 0 Å². The van der Waals surface area contributed by atoms with Crippen molar-refractivity contribution in [2.45, 2.75) is 57.8 Å². The molecule has 0 radical (unpaired) electrons. The van der Waals surface area contributed by atoms with E-state index in [-0.39, 0.29) is 13.2 Å². The van der Waals surface area contributed by atoms with Gasteiger partial charge in [-0.2, -0.15) is 0 Å². The third kappa shape index (κ3) is 8.94. The van der Waals surface area contributed by atoms with Crippen molar-refractivity contribution >= 4 is 12.1 Å². The first-order valence-corrected chi connectivity index (χ1v) is 12.8. The Kier molecular flexibility index (Phi) is 11.0. The number of methoxy groups -OCH3 is 1. The molecule has 0 bridgehead atoms. The molecule has 3 unspecified atom stereocenters. The first kappa shape index (κ1) is 28.3. The summed E-state index contributed by atoms with van der Waals surface area (Å²) in [5.41, 5.74) is 0.937. The lowest BCUT2D eigenvalue weighted by Crippen LogP contribution is -2.51. The Hall–Kier alpha value is -3.30. The number of ether oxygens (including phenoxy) is 3. The maximum absolute atomic E-state index is 12.7. The molecule has 1 aliphatic rings. The molecule has 3 atom stereocenters. The van der Waals surface area contributed by atoms with Crippen LogP contribution in [-0.2, 0) is 20.7 Å². The summed E-state index contributed by atoms with van der Waals surface area (Å²) in [6.07, 6.45) is -0.107. The highest BCUT2D eigenvalue weighted by molar-refractivity contribution is 5.80. The molecule has 0 saturated carbocycles. The second-order valence-corrected chi connectivity index (χ2v) is 9.16. The number of hydrogen-bond acceptors (Lipinski definition) is 8. The minimum Gasteiger partial charge on any atom is -0.497 e. The van der Waals surface area contributed by atoms with Crippen LogP contribution < -0.4 is 14.9 Å². The number of rotatable bonds is 14.